The lowest BCUT2D eigenvalue weighted by molar-refractivity contribution is -0.113. The summed E-state index contributed by atoms with van der Waals surface area (Å²) < 4.78 is 29.4. The summed E-state index contributed by atoms with van der Waals surface area (Å²) in [5.74, 6) is 0.755. The molecule has 5 aromatic rings. The molecule has 0 spiro atoms. The third-order valence-corrected chi connectivity index (χ3v) is 10.5. The van der Waals surface area contributed by atoms with Gasteiger partial charge >= 0.3 is 0 Å². The number of aromatic amines is 1. The maximum absolute atomic E-state index is 13.1. The number of benzene rings is 2. The predicted octanol–water partition coefficient (Wildman–Crippen LogP) is 4.35. The van der Waals surface area contributed by atoms with E-state index in [1.165, 1.54) is 57.4 Å². The van der Waals surface area contributed by atoms with Crippen LogP contribution in [-0.4, -0.2) is 56.3 Å². The zero-order valence-corrected chi connectivity index (χ0v) is 26.3. The minimum absolute atomic E-state index is 0.0403. The topological polar surface area (TPSA) is 156 Å². The van der Waals surface area contributed by atoms with Crippen LogP contribution in [0.2, 0.25) is 0 Å². The number of thiazole rings is 1. The lowest BCUT2D eigenvalue weighted by atomic mass is 10.3. The predicted molar refractivity (Wildman–Crippen MR) is 169 cm³/mol. The van der Waals surface area contributed by atoms with Crippen LogP contribution in [0.15, 0.2) is 92.2 Å². The van der Waals surface area contributed by atoms with Crippen molar-refractivity contribution < 1.29 is 13.2 Å². The number of aromatic nitrogens is 6. The number of thioether (sulfide) groups is 2. The van der Waals surface area contributed by atoms with Crippen LogP contribution in [0.3, 0.4) is 0 Å². The third-order valence-electron chi connectivity index (χ3n) is 5.88. The molecule has 0 atom stereocenters. The summed E-state index contributed by atoms with van der Waals surface area (Å²) in [7, 11) is -3.80. The van der Waals surface area contributed by atoms with Crippen LogP contribution in [-0.2, 0) is 20.6 Å². The Hall–Kier alpha value is -3.99. The molecule has 0 saturated carbocycles. The zero-order valence-electron chi connectivity index (χ0n) is 23.0. The van der Waals surface area contributed by atoms with Crippen molar-refractivity contribution in [2.45, 2.75) is 34.8 Å². The summed E-state index contributed by atoms with van der Waals surface area (Å²) in [6, 6.07) is 17.0. The second-order valence-electron chi connectivity index (χ2n) is 8.90. The molecule has 0 bridgehead atoms. The van der Waals surface area contributed by atoms with Crippen molar-refractivity contribution in [2.75, 3.05) is 21.9 Å². The number of H-pyrrole nitrogens is 1. The SMILES string of the molecule is CCN(c1nccs1)S(=O)(=O)c1ccc(NC(=O)CSc2nnc(CSc3nc(C)cc(=O)[nH]3)n2-c2ccccc2)cc1. The molecule has 2 aromatic carbocycles. The molecule has 0 aliphatic carbocycles. The molecule has 222 valence electrons. The summed E-state index contributed by atoms with van der Waals surface area (Å²) in [6.07, 6.45) is 1.56. The van der Waals surface area contributed by atoms with Crippen LogP contribution in [0.5, 0.6) is 0 Å². The molecule has 3 heterocycles. The van der Waals surface area contributed by atoms with Gasteiger partial charge in [0, 0.05) is 41.3 Å². The van der Waals surface area contributed by atoms with Crippen LogP contribution in [0, 0.1) is 6.92 Å². The van der Waals surface area contributed by atoms with Gasteiger partial charge in [-0.25, -0.2) is 22.7 Å². The third kappa shape index (κ3) is 7.33. The van der Waals surface area contributed by atoms with E-state index in [-0.39, 0.29) is 28.7 Å². The van der Waals surface area contributed by atoms with Crippen LogP contribution < -0.4 is 15.2 Å². The van der Waals surface area contributed by atoms with Crippen molar-refractivity contribution in [2.24, 2.45) is 0 Å². The highest BCUT2D eigenvalue weighted by Gasteiger charge is 2.25. The monoisotopic (exact) mass is 654 g/mol. The van der Waals surface area contributed by atoms with Crippen molar-refractivity contribution in [3.8, 4) is 5.69 Å². The van der Waals surface area contributed by atoms with Crippen LogP contribution in [0.1, 0.15) is 18.4 Å². The van der Waals surface area contributed by atoms with E-state index in [1.54, 1.807) is 37.6 Å². The Labute approximate surface area is 260 Å². The number of carbonyl (C=O) groups is 1. The largest absolute Gasteiger partial charge is 0.325 e. The van der Waals surface area contributed by atoms with Crippen LogP contribution >= 0.6 is 34.9 Å². The van der Waals surface area contributed by atoms with Gasteiger partial charge in [0.25, 0.3) is 15.6 Å². The van der Waals surface area contributed by atoms with Gasteiger partial charge in [0.2, 0.25) is 5.91 Å². The molecule has 1 amide bonds. The first-order chi connectivity index (χ1) is 20.7. The fourth-order valence-electron chi connectivity index (χ4n) is 3.99. The van der Waals surface area contributed by atoms with E-state index >= 15 is 0 Å². The fourth-order valence-corrected chi connectivity index (χ4v) is 7.96. The molecule has 0 fully saturated rings. The zero-order chi connectivity index (χ0) is 30.4. The second kappa shape index (κ2) is 13.5. The Bertz CT molecular complexity index is 1860. The minimum atomic E-state index is -3.80. The highest BCUT2D eigenvalue weighted by atomic mass is 32.2. The number of nitrogens with one attached hydrogen (secondary N) is 2. The Balaban J connectivity index is 1.26. The van der Waals surface area contributed by atoms with E-state index in [9.17, 15) is 18.0 Å². The number of anilines is 2. The number of aryl methyl sites for hydroxylation is 1. The smallest absolute Gasteiger partial charge is 0.266 e. The van der Waals surface area contributed by atoms with Crippen molar-refractivity contribution in [3.05, 3.63) is 94.1 Å². The molecule has 3 aromatic heterocycles. The first kappa shape index (κ1) is 30.5. The molecule has 0 aliphatic heterocycles. The van der Waals surface area contributed by atoms with Crippen molar-refractivity contribution in [3.63, 3.8) is 0 Å². The van der Waals surface area contributed by atoms with Crippen molar-refractivity contribution in [1.29, 1.82) is 0 Å². The van der Waals surface area contributed by atoms with E-state index in [0.717, 1.165) is 5.69 Å². The average molecular weight is 655 g/mol. The molecular formula is C27H26N8O4S4. The fraction of sp³-hybridized carbons (Fsp3) is 0.185. The number of nitrogens with zero attached hydrogens (tertiary/aromatic N) is 6. The number of rotatable bonds is 12. The number of carbonyl (C=O) groups excluding carboxylic acids is 1. The second-order valence-corrected chi connectivity index (χ2v) is 13.5. The van der Waals surface area contributed by atoms with Gasteiger partial charge in [-0.3, -0.25) is 14.2 Å². The van der Waals surface area contributed by atoms with Gasteiger partial charge in [-0.05, 0) is 50.2 Å². The van der Waals surface area contributed by atoms with Crippen molar-refractivity contribution >= 4 is 61.6 Å². The molecule has 0 aliphatic rings. The van der Waals surface area contributed by atoms with Crippen LogP contribution in [0.25, 0.3) is 5.69 Å². The van der Waals surface area contributed by atoms with Gasteiger partial charge in [0.15, 0.2) is 15.4 Å². The van der Waals surface area contributed by atoms with Gasteiger partial charge in [0.05, 0.1) is 16.4 Å². The molecule has 0 saturated heterocycles. The maximum atomic E-state index is 13.1. The molecule has 43 heavy (non-hydrogen) atoms. The van der Waals surface area contributed by atoms with E-state index in [1.807, 2.05) is 34.9 Å². The number of para-hydroxylation sites is 1. The standard InChI is InChI=1S/C27H26N8O4S4/c1-3-34(26-28-13-14-40-26)43(38,39)21-11-9-19(10-12-21)30-24(37)17-42-27-33-32-22(35(27)20-7-5-4-6-8-20)16-41-25-29-18(2)15-23(36)31-25/h4-15H,3,16-17H2,1-2H3,(H,30,37)(H,29,31,36). The highest BCUT2D eigenvalue weighted by molar-refractivity contribution is 7.99. The van der Waals surface area contributed by atoms with Gasteiger partial charge in [-0.2, -0.15) is 0 Å². The summed E-state index contributed by atoms with van der Waals surface area (Å²) in [6.45, 7) is 3.74. The normalized spacial score (nSPS) is 11.4. The van der Waals surface area contributed by atoms with E-state index in [2.05, 4.69) is 30.5 Å². The van der Waals surface area contributed by atoms with E-state index in [4.69, 9.17) is 0 Å². The van der Waals surface area contributed by atoms with E-state index < -0.39 is 10.0 Å². The molecule has 0 radical (unpaired) electrons. The van der Waals surface area contributed by atoms with Crippen LogP contribution in [0.4, 0.5) is 10.8 Å². The molecule has 12 nitrogen and oxygen atoms in total. The Kier molecular flexibility index (Phi) is 9.59. The molecule has 5 rings (SSSR count). The summed E-state index contributed by atoms with van der Waals surface area (Å²) in [5, 5.41) is 14.6. The lowest BCUT2D eigenvalue weighted by Crippen LogP contribution is -2.30. The average Bonchev–Trinajstić information content (AvgIpc) is 3.66. The first-order valence-electron chi connectivity index (χ1n) is 12.9. The Morgan fingerprint density at radius 1 is 1.09 bits per heavy atom. The highest BCUT2D eigenvalue weighted by Crippen LogP contribution is 2.28. The summed E-state index contributed by atoms with van der Waals surface area (Å²) >= 11 is 3.79. The Morgan fingerprint density at radius 2 is 1.86 bits per heavy atom. The summed E-state index contributed by atoms with van der Waals surface area (Å²) in [4.78, 5) is 36.0. The Morgan fingerprint density at radius 3 is 2.53 bits per heavy atom. The molecule has 2 N–H and O–H groups in total. The number of sulfonamides is 1. The quantitative estimate of drug-likeness (QED) is 0.146. The van der Waals surface area contributed by atoms with Gasteiger partial charge in [0.1, 0.15) is 5.82 Å². The first-order valence-corrected chi connectivity index (χ1v) is 17.2. The lowest BCUT2D eigenvalue weighted by Gasteiger charge is -2.19. The molecule has 16 heteroatoms. The molecule has 0 unspecified atom stereocenters. The number of hydrogen-bond acceptors (Lipinski definition) is 11. The van der Waals surface area contributed by atoms with E-state index in [0.29, 0.717) is 38.4 Å². The maximum Gasteiger partial charge on any atom is 0.266 e. The number of amides is 1. The number of hydrogen-bond donors (Lipinski definition) is 2. The summed E-state index contributed by atoms with van der Waals surface area (Å²) in [5.41, 5.74) is 1.68. The van der Waals surface area contributed by atoms with Gasteiger partial charge in [-0.15, -0.1) is 21.5 Å². The minimum Gasteiger partial charge on any atom is -0.325 e. The van der Waals surface area contributed by atoms with Crippen molar-refractivity contribution in [1.82, 2.24) is 29.7 Å². The van der Waals surface area contributed by atoms with Gasteiger partial charge in [-0.1, -0.05) is 41.7 Å². The van der Waals surface area contributed by atoms with Gasteiger partial charge < -0.3 is 10.3 Å². The molecular weight excluding hydrogens is 629 g/mol.